The monoisotopic (exact) mass is 488 g/mol. The van der Waals surface area contributed by atoms with Crippen molar-refractivity contribution in [3.63, 3.8) is 0 Å². The van der Waals surface area contributed by atoms with Crippen molar-refractivity contribution in [2.24, 2.45) is 0 Å². The summed E-state index contributed by atoms with van der Waals surface area (Å²) in [7, 11) is -3.88. The molecule has 0 aliphatic carbocycles. The number of hydrogen-bond donors (Lipinski definition) is 1. The maximum Gasteiger partial charge on any atom is 0.264 e. The molecule has 0 atom stereocenters. The number of rotatable bonds is 7. The van der Waals surface area contributed by atoms with Crippen molar-refractivity contribution >= 4 is 27.3 Å². The van der Waals surface area contributed by atoms with Crippen molar-refractivity contribution in [3.8, 4) is 5.69 Å². The number of carbonyl (C=O) groups is 1. The Balaban J connectivity index is 1.67. The number of sulfonamides is 1. The smallest absolute Gasteiger partial charge is 0.264 e. The van der Waals surface area contributed by atoms with Gasteiger partial charge in [0.25, 0.3) is 15.9 Å². The van der Waals surface area contributed by atoms with Gasteiger partial charge in [-0.05, 0) is 69.7 Å². The molecule has 0 fully saturated rings. The molecule has 180 valence electrons. The largest absolute Gasteiger partial charge is 0.319 e. The van der Waals surface area contributed by atoms with Crippen LogP contribution in [-0.4, -0.2) is 30.7 Å². The van der Waals surface area contributed by atoms with Gasteiger partial charge in [-0.15, -0.1) is 0 Å². The number of anilines is 2. The van der Waals surface area contributed by atoms with E-state index in [2.05, 4.69) is 10.4 Å². The van der Waals surface area contributed by atoms with Crippen molar-refractivity contribution in [2.75, 3.05) is 16.2 Å². The lowest BCUT2D eigenvalue weighted by Crippen LogP contribution is -2.31. The maximum atomic E-state index is 13.6. The van der Waals surface area contributed by atoms with Gasteiger partial charge in [-0.1, -0.05) is 42.5 Å². The Morgan fingerprint density at radius 2 is 1.57 bits per heavy atom. The van der Waals surface area contributed by atoms with Crippen LogP contribution in [0, 0.1) is 20.8 Å². The zero-order valence-corrected chi connectivity index (χ0v) is 21.0. The lowest BCUT2D eigenvalue weighted by Gasteiger charge is -2.24. The van der Waals surface area contributed by atoms with Gasteiger partial charge in [-0.2, -0.15) is 5.10 Å². The summed E-state index contributed by atoms with van der Waals surface area (Å²) in [4.78, 5) is 13.3. The van der Waals surface area contributed by atoms with E-state index in [9.17, 15) is 13.2 Å². The number of carbonyl (C=O) groups excluding carboxylic acids is 1. The van der Waals surface area contributed by atoms with Gasteiger partial charge < -0.3 is 5.32 Å². The first-order valence-corrected chi connectivity index (χ1v) is 12.8. The second kappa shape index (κ2) is 9.76. The Morgan fingerprint density at radius 3 is 2.20 bits per heavy atom. The van der Waals surface area contributed by atoms with Gasteiger partial charge in [0.15, 0.2) is 0 Å². The molecule has 0 spiro atoms. The van der Waals surface area contributed by atoms with E-state index in [-0.39, 0.29) is 17.0 Å². The second-order valence-electron chi connectivity index (χ2n) is 8.23. The summed E-state index contributed by atoms with van der Waals surface area (Å²) in [6.45, 7) is 7.48. The molecule has 0 radical (unpaired) electrons. The third-order valence-corrected chi connectivity index (χ3v) is 7.93. The molecule has 0 unspecified atom stereocenters. The molecule has 0 saturated carbocycles. The van der Waals surface area contributed by atoms with Crippen LogP contribution in [0.2, 0.25) is 0 Å². The molecule has 0 saturated heterocycles. The van der Waals surface area contributed by atoms with E-state index < -0.39 is 15.9 Å². The number of aromatic nitrogens is 2. The van der Waals surface area contributed by atoms with Crippen LogP contribution in [0.4, 0.5) is 11.4 Å². The average molecular weight is 489 g/mol. The fraction of sp³-hybridized carbons (Fsp3) is 0.185. The fourth-order valence-electron chi connectivity index (χ4n) is 4.05. The molecule has 1 heterocycles. The zero-order chi connectivity index (χ0) is 25.2. The summed E-state index contributed by atoms with van der Waals surface area (Å²) in [5.74, 6) is -0.400. The van der Waals surface area contributed by atoms with E-state index in [0.29, 0.717) is 22.6 Å². The lowest BCUT2D eigenvalue weighted by molar-refractivity contribution is 0.102. The maximum absolute atomic E-state index is 13.6. The minimum Gasteiger partial charge on any atom is -0.319 e. The molecule has 4 aromatic rings. The van der Waals surface area contributed by atoms with Gasteiger partial charge in [0.05, 0.1) is 33.3 Å². The number of benzene rings is 3. The van der Waals surface area contributed by atoms with Crippen LogP contribution in [-0.2, 0) is 10.0 Å². The molecule has 1 N–H and O–H groups in total. The van der Waals surface area contributed by atoms with Crippen LogP contribution in [0.1, 0.15) is 34.2 Å². The molecule has 35 heavy (non-hydrogen) atoms. The molecule has 0 aliphatic rings. The van der Waals surface area contributed by atoms with Gasteiger partial charge in [0, 0.05) is 12.1 Å². The summed E-state index contributed by atoms with van der Waals surface area (Å²) < 4.78 is 30.2. The number of hydrogen-bond acceptors (Lipinski definition) is 4. The van der Waals surface area contributed by atoms with Gasteiger partial charge in [-0.25, -0.2) is 13.1 Å². The topological polar surface area (TPSA) is 84.3 Å². The highest BCUT2D eigenvalue weighted by molar-refractivity contribution is 7.92. The van der Waals surface area contributed by atoms with E-state index in [1.165, 1.54) is 10.4 Å². The number of nitrogens with one attached hydrogen (secondary N) is 1. The van der Waals surface area contributed by atoms with E-state index in [1.54, 1.807) is 54.9 Å². The first kappa shape index (κ1) is 24.2. The summed E-state index contributed by atoms with van der Waals surface area (Å²) in [6.07, 6.45) is 0. The molecular weight excluding hydrogens is 460 g/mol. The minimum absolute atomic E-state index is 0.101. The van der Waals surface area contributed by atoms with Crippen LogP contribution in [0.3, 0.4) is 0 Å². The SMILES string of the molecule is CCN(c1ccccc1)S(=O)(=O)c1cc(C(=O)Nc2c(C)nn(-c3ccccc3)c2C)ccc1C. The quantitative estimate of drug-likeness (QED) is 0.384. The number of nitrogens with zero attached hydrogens (tertiary/aromatic N) is 3. The molecule has 1 aromatic heterocycles. The average Bonchev–Trinajstić information content (AvgIpc) is 3.14. The van der Waals surface area contributed by atoms with Crippen LogP contribution in [0.5, 0.6) is 0 Å². The Bertz CT molecular complexity index is 1460. The van der Waals surface area contributed by atoms with Crippen molar-refractivity contribution in [1.29, 1.82) is 0 Å². The standard InChI is InChI=1S/C27H28N4O3S/c1-5-30(23-12-8-6-9-13-23)35(33,34)25-18-22(17-16-19(25)2)27(32)28-26-20(3)29-31(21(26)4)24-14-10-7-11-15-24/h6-18H,5H2,1-4H3,(H,28,32). The summed E-state index contributed by atoms with van der Waals surface area (Å²) in [6, 6.07) is 23.3. The Hall–Kier alpha value is -3.91. The molecule has 0 aliphatic heterocycles. The van der Waals surface area contributed by atoms with Crippen LogP contribution in [0.25, 0.3) is 5.69 Å². The van der Waals surface area contributed by atoms with Crippen LogP contribution < -0.4 is 9.62 Å². The summed E-state index contributed by atoms with van der Waals surface area (Å²) >= 11 is 0. The van der Waals surface area contributed by atoms with Crippen molar-refractivity contribution in [1.82, 2.24) is 9.78 Å². The molecule has 3 aromatic carbocycles. The van der Waals surface area contributed by atoms with Crippen molar-refractivity contribution in [2.45, 2.75) is 32.6 Å². The third-order valence-electron chi connectivity index (χ3n) is 5.88. The highest BCUT2D eigenvalue weighted by atomic mass is 32.2. The minimum atomic E-state index is -3.88. The first-order chi connectivity index (χ1) is 16.7. The summed E-state index contributed by atoms with van der Waals surface area (Å²) in [5.41, 5.74) is 4.33. The van der Waals surface area contributed by atoms with E-state index in [1.807, 2.05) is 50.2 Å². The number of aryl methyl sites for hydroxylation is 2. The van der Waals surface area contributed by atoms with E-state index >= 15 is 0 Å². The van der Waals surface area contributed by atoms with Crippen molar-refractivity contribution < 1.29 is 13.2 Å². The van der Waals surface area contributed by atoms with E-state index in [0.717, 1.165) is 11.4 Å². The lowest BCUT2D eigenvalue weighted by atomic mass is 10.1. The highest BCUT2D eigenvalue weighted by Crippen LogP contribution is 2.28. The third kappa shape index (κ3) is 4.70. The van der Waals surface area contributed by atoms with Crippen molar-refractivity contribution in [3.05, 3.63) is 101 Å². The molecular formula is C27H28N4O3S. The Morgan fingerprint density at radius 1 is 0.943 bits per heavy atom. The molecule has 1 amide bonds. The second-order valence-corrected chi connectivity index (χ2v) is 10.1. The van der Waals surface area contributed by atoms with Crippen LogP contribution in [0.15, 0.2) is 83.8 Å². The van der Waals surface area contributed by atoms with Gasteiger partial charge >= 0.3 is 0 Å². The predicted octanol–water partition coefficient (Wildman–Crippen LogP) is 5.27. The molecule has 8 heteroatoms. The van der Waals surface area contributed by atoms with Crippen LogP contribution >= 0.6 is 0 Å². The fourth-order valence-corrected chi connectivity index (χ4v) is 5.78. The molecule has 7 nitrogen and oxygen atoms in total. The van der Waals surface area contributed by atoms with Gasteiger partial charge in [-0.3, -0.25) is 9.10 Å². The van der Waals surface area contributed by atoms with Gasteiger partial charge in [0.2, 0.25) is 0 Å². The predicted molar refractivity (Wildman–Crippen MR) is 139 cm³/mol. The Labute approximate surface area is 206 Å². The zero-order valence-electron chi connectivity index (χ0n) is 20.2. The normalized spacial score (nSPS) is 11.3. The highest BCUT2D eigenvalue weighted by Gasteiger charge is 2.27. The number of para-hydroxylation sites is 2. The Kier molecular flexibility index (Phi) is 6.75. The first-order valence-electron chi connectivity index (χ1n) is 11.4. The van der Waals surface area contributed by atoms with Gasteiger partial charge in [0.1, 0.15) is 0 Å². The molecule has 4 rings (SSSR count). The molecule has 0 bridgehead atoms. The van der Waals surface area contributed by atoms with E-state index in [4.69, 9.17) is 0 Å². The summed E-state index contributed by atoms with van der Waals surface area (Å²) in [5, 5.41) is 7.49. The number of amides is 1.